The molecule has 32 nitrogen and oxygen atoms in total. The maximum atomic E-state index is 14.0. The summed E-state index contributed by atoms with van der Waals surface area (Å²) in [6.07, 6.45) is 13.4. The number of methoxy groups -OCH3 is 6. The maximum absolute atomic E-state index is 14.0. The van der Waals surface area contributed by atoms with Gasteiger partial charge in [-0.15, -0.1) is 0 Å². The number of amides is 8. The van der Waals surface area contributed by atoms with Crippen LogP contribution in [0.25, 0.3) is 78.0 Å². The molecule has 0 spiro atoms. The molecule has 0 radical (unpaired) electrons. The lowest BCUT2D eigenvalue weighted by molar-refractivity contribution is -0.138. The van der Waals surface area contributed by atoms with Crippen molar-refractivity contribution in [2.24, 2.45) is 35.5 Å². The Kier molecular flexibility index (Phi) is 30.5. The van der Waals surface area contributed by atoms with E-state index in [0.29, 0.717) is 56.3 Å². The van der Waals surface area contributed by atoms with Gasteiger partial charge >= 0.3 is 31.5 Å². The van der Waals surface area contributed by atoms with Crippen molar-refractivity contribution in [3.63, 3.8) is 0 Å². The number of alkyl carbamates (subject to hydrolysis) is 4. The van der Waals surface area contributed by atoms with Gasteiger partial charge in [0, 0.05) is 51.2 Å². The molecule has 16 atom stereocenters. The summed E-state index contributed by atoms with van der Waals surface area (Å²) in [6, 6.07) is 35.3. The molecule has 9 heterocycles. The van der Waals surface area contributed by atoms with Crippen molar-refractivity contribution in [3.05, 3.63) is 173 Å². The topological polar surface area (TPSA) is 386 Å². The second-order valence-corrected chi connectivity index (χ2v) is 43.5. The van der Waals surface area contributed by atoms with E-state index in [2.05, 4.69) is 146 Å². The van der Waals surface area contributed by atoms with E-state index in [-0.39, 0.29) is 95.4 Å². The Balaban J connectivity index is 0.000000159. The van der Waals surface area contributed by atoms with E-state index in [1.165, 1.54) is 111 Å². The van der Waals surface area contributed by atoms with Gasteiger partial charge in [0.05, 0.1) is 123 Å². The van der Waals surface area contributed by atoms with Crippen molar-refractivity contribution in [2.45, 2.75) is 276 Å². The third-order valence-electron chi connectivity index (χ3n) is 32.2. The van der Waals surface area contributed by atoms with Crippen LogP contribution in [0.5, 0.6) is 0 Å². The Hall–Kier alpha value is -12.5. The van der Waals surface area contributed by atoms with E-state index in [9.17, 15) is 38.4 Å². The molecule has 5 saturated heterocycles. The third-order valence-corrected chi connectivity index (χ3v) is 32.2. The minimum atomic E-state index is -0.738. The molecule has 10 aromatic rings. The maximum Gasteiger partial charge on any atom is 0.494 e. The molecule has 766 valence electrons. The van der Waals surface area contributed by atoms with Gasteiger partial charge in [0.15, 0.2) is 0 Å². The van der Waals surface area contributed by atoms with Gasteiger partial charge in [-0.25, -0.2) is 39.1 Å². The number of aromatic nitrogens is 8. The van der Waals surface area contributed by atoms with E-state index < -0.39 is 66.9 Å². The van der Waals surface area contributed by atoms with Crippen LogP contribution in [0.3, 0.4) is 0 Å². The summed E-state index contributed by atoms with van der Waals surface area (Å²) < 4.78 is 42.6. The molecule has 8 amide bonds. The average molecular weight is 1970 g/mol. The molecule has 5 aliphatic heterocycles. The number of nitrogens with zero attached hydrogens (tertiary/aromatic N) is 8. The van der Waals surface area contributed by atoms with Crippen LogP contribution in [0.1, 0.15) is 273 Å². The molecule has 7 fully saturated rings. The van der Waals surface area contributed by atoms with Crippen molar-refractivity contribution >= 4 is 82.6 Å². The first-order valence-electron chi connectivity index (χ1n) is 51.5. The number of hydrogen-bond donors (Lipinski definition) is 8. The Morgan fingerprint density at radius 1 is 0.403 bits per heavy atom. The first-order valence-corrected chi connectivity index (χ1v) is 51.5. The number of hydrogen-bond acceptors (Lipinski definition) is 20. The zero-order valence-corrected chi connectivity index (χ0v) is 87.1. The van der Waals surface area contributed by atoms with Crippen molar-refractivity contribution in [1.82, 2.24) is 80.7 Å². The summed E-state index contributed by atoms with van der Waals surface area (Å²) in [6.45, 7) is 31.9. The highest BCUT2D eigenvalue weighted by atomic mass is 16.7. The Bertz CT molecular complexity index is 6370. The number of carbonyl (C=O) groups is 8. The molecular formula is C111H143BN16O16. The molecule has 4 aromatic heterocycles. The monoisotopic (exact) mass is 1970 g/mol. The summed E-state index contributed by atoms with van der Waals surface area (Å²) in [4.78, 5) is 145. The summed E-state index contributed by atoms with van der Waals surface area (Å²) in [5.74, 6) is 4.70. The van der Waals surface area contributed by atoms with Gasteiger partial charge in [-0.2, -0.15) is 0 Å². The van der Waals surface area contributed by atoms with Gasteiger partial charge in [0.25, 0.3) is 0 Å². The van der Waals surface area contributed by atoms with E-state index >= 15 is 0 Å². The van der Waals surface area contributed by atoms with Crippen molar-refractivity contribution in [1.29, 1.82) is 0 Å². The Morgan fingerprint density at radius 2 is 0.750 bits per heavy atom. The van der Waals surface area contributed by atoms with Crippen LogP contribution in [0.4, 0.5) is 19.2 Å². The van der Waals surface area contributed by atoms with Crippen molar-refractivity contribution < 1.29 is 76.1 Å². The number of fused-ring (bicyclic) bond motifs is 12. The fourth-order valence-corrected chi connectivity index (χ4v) is 23.9. The normalized spacial score (nSPS) is 23.4. The molecule has 4 aliphatic carbocycles. The summed E-state index contributed by atoms with van der Waals surface area (Å²) in [7, 11) is 8.09. The van der Waals surface area contributed by atoms with Gasteiger partial charge in [0.1, 0.15) is 47.5 Å². The lowest BCUT2D eigenvalue weighted by Gasteiger charge is -2.32. The number of rotatable bonds is 26. The lowest BCUT2D eigenvalue weighted by Crippen LogP contribution is -2.52. The third kappa shape index (κ3) is 20.6. The molecule has 4 bridgehead atoms. The summed E-state index contributed by atoms with van der Waals surface area (Å²) >= 11 is 0. The van der Waals surface area contributed by atoms with Crippen LogP contribution in [0, 0.1) is 42.4 Å². The molecule has 2 saturated carbocycles. The number of likely N-dealkylation sites (tertiary alicyclic amines) is 4. The number of aromatic amines is 4. The molecule has 19 rings (SSSR count). The molecular weight excluding hydrogens is 1820 g/mol. The second-order valence-electron chi connectivity index (χ2n) is 43.5. The fraction of sp³-hybridized carbons (Fsp3) is 0.532. The SMILES string of the molecule is COC(=O)N[C@H](C(=O)N1[C@@H](C)CC[C@H]1c1nc2ccc(B3OC(C)(C)C(C)(C)O3)cc2[nH]1)C(C)C.COC[C@H]1C[C@@H](c2ncc(-c3ccc(-c4ccc(-c5ccc6nc([C@@H]7CC[C@H](C)N7C(=O)[C@@H](NC(=O)OC)C(C)C)[nH]c6c5)c5c4C4CCC5C4)cc3)[nH]2)N(C(=O)[C@@H](NC(=O)OC)C(C)C)C1.COC[C@H]1C[C@@H](c2ncc(-c3ccc(-c4ccc(C)c5c4C4CCC5C4)cc3)[nH]2)N(C(=O)[C@@H](NC(=O)OC)C(C)C)C1. The number of H-pyrrole nitrogens is 4. The highest BCUT2D eigenvalue weighted by Crippen LogP contribution is 2.60. The number of carbonyl (C=O) groups excluding carboxylic acids is 8. The summed E-state index contributed by atoms with van der Waals surface area (Å²) in [5.41, 5.74) is 22.4. The van der Waals surface area contributed by atoms with Crippen LogP contribution >= 0.6 is 0 Å². The second kappa shape index (κ2) is 42.7. The Morgan fingerprint density at radius 3 is 1.14 bits per heavy atom. The van der Waals surface area contributed by atoms with Gasteiger partial charge in [-0.1, -0.05) is 140 Å². The van der Waals surface area contributed by atoms with E-state index in [1.54, 1.807) is 25.3 Å². The minimum Gasteiger partial charge on any atom is -0.453 e. The molecule has 33 heteroatoms. The number of ether oxygens (including phenoxy) is 6. The number of nitrogens with one attached hydrogen (secondary N) is 8. The van der Waals surface area contributed by atoms with Gasteiger partial charge in [-0.3, -0.25) is 19.2 Å². The number of aryl methyl sites for hydroxylation is 1. The van der Waals surface area contributed by atoms with Crippen LogP contribution < -0.4 is 26.7 Å². The Labute approximate surface area is 844 Å². The van der Waals surface area contributed by atoms with E-state index in [1.807, 2.05) is 140 Å². The highest BCUT2D eigenvalue weighted by Gasteiger charge is 2.53. The first-order chi connectivity index (χ1) is 68.9. The lowest BCUT2D eigenvalue weighted by atomic mass is 9.79. The largest absolute Gasteiger partial charge is 0.494 e. The van der Waals surface area contributed by atoms with E-state index in [0.717, 1.165) is 111 Å². The van der Waals surface area contributed by atoms with Crippen LogP contribution in [0.2, 0.25) is 0 Å². The minimum absolute atomic E-state index is 0.00248. The molecule has 9 aliphatic rings. The van der Waals surface area contributed by atoms with Crippen molar-refractivity contribution in [2.75, 3.05) is 69.0 Å². The average Bonchev–Trinajstić information content (AvgIpc) is 1.57. The molecule has 4 unspecified atom stereocenters. The smallest absolute Gasteiger partial charge is 0.453 e. The molecule has 144 heavy (non-hydrogen) atoms. The zero-order chi connectivity index (χ0) is 103. The van der Waals surface area contributed by atoms with Crippen LogP contribution in [-0.4, -0.2) is 231 Å². The standard InChI is InChI=1S/C52H64N8O7.C34H42N4O4.C25H37BN4O5/c1-27(2)45(57-51(63)66-7)49(61)59-25-30(26-65-6)21-42(59)47-53-24-40(56-47)32-12-10-31(11-13-32)36-17-18-37(44-35-15-14-34(22-35)43(36)44)33-16-19-38-39(23-33)55-48(54-38)41-20-9-29(5)60(41)50(62)46(28(3)4)58-52(64)67-8;1-19(2)31(37-34(40)42-5)33(39)38-17-21(18-41-4)14-28(38)32-35-16-27(36-32)23-9-7-22(8-10-23)26-13-6-20(3)29-24-11-12-25(15-24)30(26)29;1-14(2)20(29-23(32)33-8)22(31)30-15(3)9-12-19(30)21-27-17-11-10-16(13-18(17)28-21)26-34-24(4,5)25(6,7)35-26/h10-13,16-19,23-24,27-30,34-35,41-42,45-46H,9,14-15,20-22,25-26H2,1-8H3,(H,53,56)(H,54,55)(H,57,63)(H,58,64);6-10,13,16,19,21,24-25,28,31H,11-12,14-15,17-18H2,1-5H3,(H,35,36)(H,37,40);10-11,13-15,19-20H,9,12H2,1-8H3,(H,27,28)(H,29,32)/t29-,30-,34?,35?,41-,42-,45-,46-;21-,24?,25?,28-,31-;15-,19-,20-/m000/s1. The zero-order valence-electron chi connectivity index (χ0n) is 87.1. The number of benzene rings is 6. The van der Waals surface area contributed by atoms with Gasteiger partial charge in [-0.05, 0) is 275 Å². The molecule has 8 N–H and O–H groups in total. The van der Waals surface area contributed by atoms with E-state index in [4.69, 9.17) is 57.7 Å². The molecule has 6 aromatic carbocycles. The van der Waals surface area contributed by atoms with Crippen LogP contribution in [0.15, 0.2) is 122 Å². The predicted molar refractivity (Wildman–Crippen MR) is 551 cm³/mol. The van der Waals surface area contributed by atoms with Gasteiger partial charge in [0.2, 0.25) is 23.6 Å². The fourth-order valence-electron chi connectivity index (χ4n) is 23.9. The first kappa shape index (κ1) is 103. The predicted octanol–water partition coefficient (Wildman–Crippen LogP) is 18.6. The van der Waals surface area contributed by atoms with Crippen LogP contribution in [-0.2, 0) is 56.9 Å². The summed E-state index contributed by atoms with van der Waals surface area (Å²) in [5, 5.41) is 10.9. The van der Waals surface area contributed by atoms with Gasteiger partial charge < -0.3 is 98.5 Å². The quantitative estimate of drug-likeness (QED) is 0.0184. The highest BCUT2D eigenvalue weighted by molar-refractivity contribution is 6.62. The number of imidazole rings is 4. The van der Waals surface area contributed by atoms with Crippen molar-refractivity contribution in [3.8, 4) is 55.9 Å².